The average Bonchev–Trinajstić information content (AvgIpc) is 1.94. The van der Waals surface area contributed by atoms with E-state index in [4.69, 9.17) is 10.5 Å². The lowest BCUT2D eigenvalue weighted by Crippen LogP contribution is -2.58. The highest BCUT2D eigenvalue weighted by Crippen LogP contribution is 2.04. The van der Waals surface area contributed by atoms with Crippen LogP contribution in [0.1, 0.15) is 6.92 Å². The van der Waals surface area contributed by atoms with Gasteiger partial charge >= 0.3 is 0 Å². The first kappa shape index (κ1) is 8.49. The number of likely N-dealkylation sites (tertiary alicyclic amines) is 1. The van der Waals surface area contributed by atoms with Crippen molar-refractivity contribution in [1.82, 2.24) is 4.90 Å². The lowest BCUT2D eigenvalue weighted by Gasteiger charge is -2.36. The average molecular weight is 158 g/mol. The maximum Gasteiger partial charge on any atom is 0.248 e. The first-order valence-corrected chi connectivity index (χ1v) is 3.85. The van der Waals surface area contributed by atoms with E-state index in [0.29, 0.717) is 19.7 Å². The van der Waals surface area contributed by atoms with Crippen molar-refractivity contribution in [3.05, 3.63) is 0 Å². The van der Waals surface area contributed by atoms with Crippen molar-refractivity contribution in [2.24, 2.45) is 5.73 Å². The Morgan fingerprint density at radius 1 is 1.73 bits per heavy atom. The number of nitrogens with two attached hydrogens (primary N) is 1. The van der Waals surface area contributed by atoms with Gasteiger partial charge < -0.3 is 15.4 Å². The summed E-state index contributed by atoms with van der Waals surface area (Å²) in [5.74, 6) is 0.0496. The Labute approximate surface area is 66.3 Å². The van der Waals surface area contributed by atoms with E-state index in [1.807, 2.05) is 6.92 Å². The van der Waals surface area contributed by atoms with Crippen LogP contribution < -0.4 is 5.73 Å². The number of hydrogen-bond acceptors (Lipinski definition) is 3. The van der Waals surface area contributed by atoms with Crippen molar-refractivity contribution in [3.63, 3.8) is 0 Å². The molecule has 1 aliphatic heterocycles. The first-order chi connectivity index (χ1) is 5.24. The molecule has 1 amide bonds. The fraction of sp³-hybridized carbons (Fsp3) is 0.857. The lowest BCUT2D eigenvalue weighted by molar-refractivity contribution is -0.140. The van der Waals surface area contributed by atoms with Gasteiger partial charge in [0.2, 0.25) is 5.91 Å². The molecular weight excluding hydrogens is 144 g/mol. The van der Waals surface area contributed by atoms with Crippen molar-refractivity contribution in [2.75, 3.05) is 26.3 Å². The Kier molecular flexibility index (Phi) is 2.84. The minimum atomic E-state index is 0.0496. The van der Waals surface area contributed by atoms with E-state index < -0.39 is 0 Å². The van der Waals surface area contributed by atoms with Crippen LogP contribution in [0.15, 0.2) is 0 Å². The fourth-order valence-electron chi connectivity index (χ4n) is 0.997. The van der Waals surface area contributed by atoms with Gasteiger partial charge in [0.15, 0.2) is 0 Å². The summed E-state index contributed by atoms with van der Waals surface area (Å²) < 4.78 is 4.96. The van der Waals surface area contributed by atoms with Crippen LogP contribution in [-0.4, -0.2) is 43.2 Å². The summed E-state index contributed by atoms with van der Waals surface area (Å²) in [6.45, 7) is 4.03. The Balaban J connectivity index is 2.11. The molecule has 2 N–H and O–H groups in total. The highest BCUT2D eigenvalue weighted by molar-refractivity contribution is 5.78. The van der Waals surface area contributed by atoms with Crippen LogP contribution in [0.5, 0.6) is 0 Å². The zero-order chi connectivity index (χ0) is 8.27. The van der Waals surface area contributed by atoms with Crippen LogP contribution in [-0.2, 0) is 9.53 Å². The molecule has 0 aromatic heterocycles. The summed E-state index contributed by atoms with van der Waals surface area (Å²) in [6, 6.07) is 0.181. The highest BCUT2D eigenvalue weighted by atomic mass is 16.5. The largest absolute Gasteiger partial charge is 0.372 e. The third-order valence-corrected chi connectivity index (χ3v) is 1.69. The summed E-state index contributed by atoms with van der Waals surface area (Å²) in [7, 11) is 0. The van der Waals surface area contributed by atoms with Crippen LogP contribution >= 0.6 is 0 Å². The molecule has 4 nitrogen and oxygen atoms in total. The number of carbonyl (C=O) groups excluding carboxylic acids is 1. The minimum Gasteiger partial charge on any atom is -0.372 e. The number of rotatable bonds is 3. The molecule has 0 aromatic rings. The van der Waals surface area contributed by atoms with Gasteiger partial charge in [0.25, 0.3) is 0 Å². The number of amides is 1. The predicted octanol–water partition coefficient (Wildman–Crippen LogP) is -0.808. The predicted molar refractivity (Wildman–Crippen MR) is 41.0 cm³/mol. The van der Waals surface area contributed by atoms with E-state index in [9.17, 15) is 4.79 Å². The van der Waals surface area contributed by atoms with Crippen molar-refractivity contribution in [2.45, 2.75) is 13.0 Å². The molecule has 0 aliphatic carbocycles. The SMILES string of the molecule is CCOCC(=O)N1CC(N)C1. The first-order valence-electron chi connectivity index (χ1n) is 3.85. The second-order valence-electron chi connectivity index (χ2n) is 2.70. The molecule has 1 saturated heterocycles. The Bertz CT molecular complexity index is 143. The van der Waals surface area contributed by atoms with E-state index in [-0.39, 0.29) is 18.6 Å². The summed E-state index contributed by atoms with van der Waals surface area (Å²) >= 11 is 0. The second-order valence-corrected chi connectivity index (χ2v) is 2.70. The fourth-order valence-corrected chi connectivity index (χ4v) is 0.997. The molecule has 0 saturated carbocycles. The summed E-state index contributed by atoms with van der Waals surface area (Å²) in [4.78, 5) is 12.8. The van der Waals surface area contributed by atoms with Crippen LogP contribution in [0.2, 0.25) is 0 Å². The summed E-state index contributed by atoms with van der Waals surface area (Å²) in [6.07, 6.45) is 0. The van der Waals surface area contributed by atoms with Crippen LogP contribution in [0, 0.1) is 0 Å². The van der Waals surface area contributed by atoms with Gasteiger partial charge in [-0.1, -0.05) is 0 Å². The number of ether oxygens (including phenoxy) is 1. The molecule has 0 aromatic carbocycles. The second kappa shape index (κ2) is 3.69. The molecule has 1 heterocycles. The van der Waals surface area contributed by atoms with E-state index >= 15 is 0 Å². The van der Waals surface area contributed by atoms with Crippen LogP contribution in [0.4, 0.5) is 0 Å². The quantitative estimate of drug-likeness (QED) is 0.584. The summed E-state index contributed by atoms with van der Waals surface area (Å²) in [5.41, 5.74) is 5.50. The van der Waals surface area contributed by atoms with Crippen molar-refractivity contribution >= 4 is 5.91 Å². The van der Waals surface area contributed by atoms with Gasteiger partial charge in [0.1, 0.15) is 6.61 Å². The molecule has 0 radical (unpaired) electrons. The smallest absolute Gasteiger partial charge is 0.248 e. The Hall–Kier alpha value is -0.610. The van der Waals surface area contributed by atoms with E-state index in [2.05, 4.69) is 0 Å². The zero-order valence-corrected chi connectivity index (χ0v) is 6.75. The Morgan fingerprint density at radius 3 is 2.82 bits per heavy atom. The molecule has 0 unspecified atom stereocenters. The van der Waals surface area contributed by atoms with E-state index in [1.54, 1.807) is 4.90 Å². The monoisotopic (exact) mass is 158 g/mol. The van der Waals surface area contributed by atoms with E-state index in [1.165, 1.54) is 0 Å². The maximum absolute atomic E-state index is 11.1. The number of nitrogens with zero attached hydrogens (tertiary/aromatic N) is 1. The van der Waals surface area contributed by atoms with Gasteiger partial charge in [-0.3, -0.25) is 4.79 Å². The van der Waals surface area contributed by atoms with Crippen LogP contribution in [0.25, 0.3) is 0 Å². The van der Waals surface area contributed by atoms with Gasteiger partial charge in [-0.2, -0.15) is 0 Å². The molecule has 4 heteroatoms. The molecule has 1 fully saturated rings. The van der Waals surface area contributed by atoms with Gasteiger partial charge in [0, 0.05) is 25.7 Å². The normalized spacial score (nSPS) is 18.2. The molecule has 0 bridgehead atoms. The van der Waals surface area contributed by atoms with Crippen molar-refractivity contribution < 1.29 is 9.53 Å². The molecule has 64 valence electrons. The third-order valence-electron chi connectivity index (χ3n) is 1.69. The summed E-state index contributed by atoms with van der Waals surface area (Å²) in [5, 5.41) is 0. The third kappa shape index (κ3) is 2.17. The molecule has 0 atom stereocenters. The Morgan fingerprint density at radius 2 is 2.36 bits per heavy atom. The minimum absolute atomic E-state index is 0.0496. The van der Waals surface area contributed by atoms with Crippen molar-refractivity contribution in [3.8, 4) is 0 Å². The van der Waals surface area contributed by atoms with Gasteiger partial charge in [0.05, 0.1) is 0 Å². The molecule has 1 rings (SSSR count). The van der Waals surface area contributed by atoms with E-state index in [0.717, 1.165) is 0 Å². The maximum atomic E-state index is 11.1. The van der Waals surface area contributed by atoms with Gasteiger partial charge in [-0.25, -0.2) is 0 Å². The topological polar surface area (TPSA) is 55.6 Å². The highest BCUT2D eigenvalue weighted by Gasteiger charge is 2.26. The van der Waals surface area contributed by atoms with Crippen molar-refractivity contribution in [1.29, 1.82) is 0 Å². The number of carbonyl (C=O) groups is 1. The van der Waals surface area contributed by atoms with Crippen LogP contribution in [0.3, 0.4) is 0 Å². The zero-order valence-electron chi connectivity index (χ0n) is 6.75. The number of hydrogen-bond donors (Lipinski definition) is 1. The standard InChI is InChI=1S/C7H14N2O2/c1-2-11-5-7(10)9-3-6(8)4-9/h6H,2-5,8H2,1H3. The molecule has 11 heavy (non-hydrogen) atoms. The molecular formula is C7H14N2O2. The van der Waals surface area contributed by atoms with Gasteiger partial charge in [-0.15, -0.1) is 0 Å². The molecule has 1 aliphatic rings. The van der Waals surface area contributed by atoms with Gasteiger partial charge in [-0.05, 0) is 6.92 Å². The molecule has 0 spiro atoms. The lowest BCUT2D eigenvalue weighted by atomic mass is 10.1.